The van der Waals surface area contributed by atoms with Gasteiger partial charge in [0.25, 0.3) is 0 Å². The Morgan fingerprint density at radius 1 is 1.18 bits per heavy atom. The Morgan fingerprint density at radius 2 is 1.71 bits per heavy atom. The summed E-state index contributed by atoms with van der Waals surface area (Å²) in [4.78, 5) is 11.2. The first-order valence-electron chi connectivity index (χ1n) is 6.29. The van der Waals surface area contributed by atoms with Crippen molar-refractivity contribution in [3.63, 3.8) is 0 Å². The van der Waals surface area contributed by atoms with Gasteiger partial charge in [-0.15, -0.1) is 0 Å². The number of benzene rings is 1. The molecule has 1 aromatic rings. The molecule has 0 amide bonds. The minimum Gasteiger partial charge on any atom is -0.390 e. The molecule has 1 fully saturated rings. The van der Waals surface area contributed by atoms with Crippen molar-refractivity contribution >= 4 is 5.78 Å². The van der Waals surface area contributed by atoms with Crippen LogP contribution in [-0.2, 0) is 11.2 Å². The van der Waals surface area contributed by atoms with Crippen LogP contribution in [0.1, 0.15) is 42.4 Å². The highest BCUT2D eigenvalue weighted by Gasteiger charge is 2.33. The first kappa shape index (κ1) is 12.3. The lowest BCUT2D eigenvalue weighted by Crippen LogP contribution is -2.36. The molecule has 0 atom stereocenters. The van der Waals surface area contributed by atoms with E-state index in [1.807, 2.05) is 6.07 Å². The van der Waals surface area contributed by atoms with Gasteiger partial charge in [0.2, 0.25) is 0 Å². The molecule has 17 heavy (non-hydrogen) atoms. The maximum absolute atomic E-state index is 11.2. The van der Waals surface area contributed by atoms with Gasteiger partial charge in [0.1, 0.15) is 5.78 Å². The van der Waals surface area contributed by atoms with Crippen molar-refractivity contribution in [1.82, 2.24) is 0 Å². The van der Waals surface area contributed by atoms with Crippen LogP contribution >= 0.6 is 0 Å². The van der Waals surface area contributed by atoms with Crippen LogP contribution in [0.2, 0.25) is 0 Å². The number of carbonyl (C=O) groups excluding carboxylic acids is 1. The zero-order chi connectivity index (χ0) is 12.5. The lowest BCUT2D eigenvalue weighted by Gasteiger charge is -2.32. The second-order valence-corrected chi connectivity index (χ2v) is 5.31. The maximum Gasteiger partial charge on any atom is 0.133 e. The molecular formula is C15H20O2. The van der Waals surface area contributed by atoms with Crippen molar-refractivity contribution in [3.8, 4) is 0 Å². The zero-order valence-electron chi connectivity index (χ0n) is 10.6. The molecule has 0 unspecified atom stereocenters. The predicted octanol–water partition coefficient (Wildman–Crippen LogP) is 2.72. The van der Waals surface area contributed by atoms with Gasteiger partial charge < -0.3 is 5.11 Å². The molecule has 1 aliphatic rings. The molecule has 2 nitrogen and oxygen atoms in total. The van der Waals surface area contributed by atoms with E-state index >= 15 is 0 Å². The number of hydrogen-bond acceptors (Lipinski definition) is 2. The summed E-state index contributed by atoms with van der Waals surface area (Å²) in [5.41, 5.74) is 3.03. The fourth-order valence-corrected chi connectivity index (χ4v) is 2.63. The molecule has 1 N–H and O–H groups in total. The molecule has 0 spiro atoms. The summed E-state index contributed by atoms with van der Waals surface area (Å²) in [5, 5.41) is 10.5. The minimum atomic E-state index is -0.676. The van der Waals surface area contributed by atoms with Gasteiger partial charge in [0.05, 0.1) is 5.60 Å². The van der Waals surface area contributed by atoms with E-state index in [1.165, 1.54) is 16.7 Å². The molecule has 0 saturated heterocycles. The summed E-state index contributed by atoms with van der Waals surface area (Å²) in [5.74, 6) is 0.288. The van der Waals surface area contributed by atoms with E-state index in [0.717, 1.165) is 0 Å². The fraction of sp³-hybridized carbons (Fsp3) is 0.533. The largest absolute Gasteiger partial charge is 0.390 e. The second kappa shape index (κ2) is 4.61. The lowest BCUT2D eigenvalue weighted by molar-refractivity contribution is -0.125. The van der Waals surface area contributed by atoms with Crippen LogP contribution in [0.5, 0.6) is 0 Å². The number of aliphatic hydroxyl groups is 1. The second-order valence-electron chi connectivity index (χ2n) is 5.31. The number of rotatable bonds is 2. The van der Waals surface area contributed by atoms with E-state index < -0.39 is 5.60 Å². The van der Waals surface area contributed by atoms with Crippen molar-refractivity contribution in [2.45, 2.75) is 51.6 Å². The average molecular weight is 232 g/mol. The van der Waals surface area contributed by atoms with Gasteiger partial charge >= 0.3 is 0 Å². The molecule has 0 bridgehead atoms. The van der Waals surface area contributed by atoms with Gasteiger partial charge in [-0.2, -0.15) is 0 Å². The molecule has 1 aliphatic carbocycles. The Kier molecular flexibility index (Phi) is 3.34. The normalized spacial score (nSPS) is 19.4. The Hall–Kier alpha value is -1.15. The molecular weight excluding hydrogens is 212 g/mol. The van der Waals surface area contributed by atoms with Crippen LogP contribution in [-0.4, -0.2) is 16.5 Å². The highest BCUT2D eigenvalue weighted by atomic mass is 16.3. The van der Waals surface area contributed by atoms with E-state index in [9.17, 15) is 9.90 Å². The van der Waals surface area contributed by atoms with E-state index in [0.29, 0.717) is 32.1 Å². The third-order valence-corrected chi connectivity index (χ3v) is 3.89. The van der Waals surface area contributed by atoms with Crippen molar-refractivity contribution in [3.05, 3.63) is 34.9 Å². The minimum absolute atomic E-state index is 0.288. The fourth-order valence-electron chi connectivity index (χ4n) is 2.63. The van der Waals surface area contributed by atoms with Crippen molar-refractivity contribution in [2.75, 3.05) is 0 Å². The molecule has 0 aromatic heterocycles. The van der Waals surface area contributed by atoms with Gasteiger partial charge in [0, 0.05) is 19.3 Å². The third kappa shape index (κ3) is 2.75. The molecule has 0 heterocycles. The van der Waals surface area contributed by atoms with Crippen molar-refractivity contribution in [2.24, 2.45) is 0 Å². The first-order chi connectivity index (χ1) is 8.00. The quantitative estimate of drug-likeness (QED) is 0.851. The maximum atomic E-state index is 11.2. The van der Waals surface area contributed by atoms with Gasteiger partial charge in [-0.25, -0.2) is 0 Å². The SMILES string of the molecule is Cc1cccc(C)c1CC1(O)CCC(=O)CC1. The summed E-state index contributed by atoms with van der Waals surface area (Å²) in [7, 11) is 0. The van der Waals surface area contributed by atoms with Crippen molar-refractivity contribution < 1.29 is 9.90 Å². The summed E-state index contributed by atoms with van der Waals surface area (Å²) in [6.07, 6.45) is 2.96. The van der Waals surface area contributed by atoms with E-state index in [1.54, 1.807) is 0 Å². The van der Waals surface area contributed by atoms with Crippen LogP contribution in [0.25, 0.3) is 0 Å². The molecule has 2 rings (SSSR count). The molecule has 0 aliphatic heterocycles. The highest BCUT2D eigenvalue weighted by Crippen LogP contribution is 2.31. The van der Waals surface area contributed by atoms with Crippen LogP contribution in [0, 0.1) is 13.8 Å². The standard InChI is InChI=1S/C15H20O2/c1-11-4-3-5-12(2)14(11)10-15(17)8-6-13(16)7-9-15/h3-5,17H,6-10H2,1-2H3. The topological polar surface area (TPSA) is 37.3 Å². The van der Waals surface area contributed by atoms with Crippen LogP contribution in [0.3, 0.4) is 0 Å². The molecule has 92 valence electrons. The highest BCUT2D eigenvalue weighted by molar-refractivity contribution is 5.79. The monoisotopic (exact) mass is 232 g/mol. The Morgan fingerprint density at radius 3 is 2.24 bits per heavy atom. The molecule has 0 radical (unpaired) electrons. The average Bonchev–Trinajstić information content (AvgIpc) is 2.29. The summed E-state index contributed by atoms with van der Waals surface area (Å²) in [6.45, 7) is 4.17. The van der Waals surface area contributed by atoms with Gasteiger partial charge in [0.15, 0.2) is 0 Å². The van der Waals surface area contributed by atoms with Crippen LogP contribution < -0.4 is 0 Å². The molecule has 2 heteroatoms. The van der Waals surface area contributed by atoms with Gasteiger partial charge in [-0.05, 0) is 43.4 Å². The number of carbonyl (C=O) groups is 1. The van der Waals surface area contributed by atoms with Crippen LogP contribution in [0.4, 0.5) is 0 Å². The van der Waals surface area contributed by atoms with Crippen LogP contribution in [0.15, 0.2) is 18.2 Å². The zero-order valence-corrected chi connectivity index (χ0v) is 10.6. The first-order valence-corrected chi connectivity index (χ1v) is 6.29. The van der Waals surface area contributed by atoms with Crippen molar-refractivity contribution in [1.29, 1.82) is 0 Å². The van der Waals surface area contributed by atoms with Gasteiger partial charge in [-0.1, -0.05) is 18.2 Å². The number of Topliss-reactive ketones (excluding diaryl/α,β-unsaturated/α-hetero) is 1. The predicted molar refractivity (Wildman–Crippen MR) is 68.0 cm³/mol. The number of ketones is 1. The smallest absolute Gasteiger partial charge is 0.133 e. The summed E-state index contributed by atoms with van der Waals surface area (Å²) >= 11 is 0. The Bertz CT molecular complexity index is 404. The lowest BCUT2D eigenvalue weighted by atomic mass is 9.78. The number of aryl methyl sites for hydroxylation is 2. The van der Waals surface area contributed by atoms with Gasteiger partial charge in [-0.3, -0.25) is 4.79 Å². The third-order valence-electron chi connectivity index (χ3n) is 3.89. The van der Waals surface area contributed by atoms with E-state index in [-0.39, 0.29) is 5.78 Å². The van der Waals surface area contributed by atoms with E-state index in [4.69, 9.17) is 0 Å². The Balaban J connectivity index is 2.17. The molecule has 1 saturated carbocycles. The number of hydrogen-bond donors (Lipinski definition) is 1. The summed E-state index contributed by atoms with van der Waals surface area (Å²) in [6, 6.07) is 6.21. The Labute approximate surface area is 103 Å². The molecule has 1 aromatic carbocycles. The summed E-state index contributed by atoms with van der Waals surface area (Å²) < 4.78 is 0. The van der Waals surface area contributed by atoms with E-state index in [2.05, 4.69) is 26.0 Å².